The molecule has 8 nitrogen and oxygen atoms in total. The van der Waals surface area contributed by atoms with E-state index in [2.05, 4.69) is 32.4 Å². The van der Waals surface area contributed by atoms with E-state index in [1.54, 1.807) is 31.4 Å². The van der Waals surface area contributed by atoms with E-state index in [0.29, 0.717) is 25.7 Å². The predicted molar refractivity (Wildman–Crippen MR) is 107 cm³/mol. The molecule has 0 aromatic carbocycles. The number of likely N-dealkylation sites (N-methyl/N-ethyl adjacent to an activating group) is 1. The second kappa shape index (κ2) is 11.4. The molecule has 27 heavy (non-hydrogen) atoms. The summed E-state index contributed by atoms with van der Waals surface area (Å²) < 4.78 is 5.63. The number of aliphatic imine (C=N–C) groups is 1. The van der Waals surface area contributed by atoms with Crippen LogP contribution in [-0.4, -0.2) is 86.1 Å². The number of amides is 1. The molecule has 0 atom stereocenters. The minimum Gasteiger partial charge on any atom is -0.490 e. The summed E-state index contributed by atoms with van der Waals surface area (Å²) in [5, 5.41) is 6.78. The normalized spacial score (nSPS) is 16.0. The van der Waals surface area contributed by atoms with E-state index in [4.69, 9.17) is 4.74 Å². The molecule has 1 saturated heterocycles. The molecule has 1 fully saturated rings. The number of nitrogens with zero attached hydrogens (tertiary/aromatic N) is 4. The molecular weight excluding hydrogens is 344 g/mol. The molecule has 0 unspecified atom stereocenters. The van der Waals surface area contributed by atoms with Crippen molar-refractivity contribution in [3.8, 4) is 5.75 Å². The summed E-state index contributed by atoms with van der Waals surface area (Å²) in [6, 6.07) is 4.10. The van der Waals surface area contributed by atoms with Crippen LogP contribution in [0.1, 0.15) is 19.8 Å². The van der Waals surface area contributed by atoms with Crippen LogP contribution in [0.3, 0.4) is 0 Å². The van der Waals surface area contributed by atoms with Crippen molar-refractivity contribution in [2.24, 2.45) is 4.99 Å². The molecule has 0 bridgehead atoms. The molecule has 0 aliphatic carbocycles. The Morgan fingerprint density at radius 2 is 2.19 bits per heavy atom. The molecule has 2 rings (SSSR count). The number of nitrogens with one attached hydrogen (secondary N) is 2. The van der Waals surface area contributed by atoms with Crippen LogP contribution in [0.25, 0.3) is 0 Å². The maximum atomic E-state index is 11.8. The first-order valence-corrected chi connectivity index (χ1v) is 9.58. The van der Waals surface area contributed by atoms with Gasteiger partial charge in [0.15, 0.2) is 5.96 Å². The van der Waals surface area contributed by atoms with Crippen LogP contribution in [0, 0.1) is 0 Å². The smallest absolute Gasteiger partial charge is 0.236 e. The van der Waals surface area contributed by atoms with E-state index >= 15 is 0 Å². The van der Waals surface area contributed by atoms with Gasteiger partial charge in [-0.05, 0) is 31.9 Å². The fraction of sp³-hybridized carbons (Fsp3) is 0.632. The van der Waals surface area contributed by atoms with Gasteiger partial charge < -0.3 is 20.3 Å². The quantitative estimate of drug-likeness (QED) is 0.392. The highest BCUT2D eigenvalue weighted by Gasteiger charge is 2.21. The molecule has 1 aromatic rings. The molecule has 1 amide bonds. The fourth-order valence-electron chi connectivity index (χ4n) is 2.83. The Morgan fingerprint density at radius 1 is 1.41 bits per heavy atom. The van der Waals surface area contributed by atoms with Crippen molar-refractivity contribution in [1.82, 2.24) is 25.4 Å². The molecule has 0 saturated carbocycles. The Balaban J connectivity index is 1.73. The number of hydrogen-bond donors (Lipinski definition) is 2. The predicted octanol–water partition coefficient (Wildman–Crippen LogP) is 0.568. The lowest BCUT2D eigenvalue weighted by molar-refractivity contribution is -0.130. The lowest BCUT2D eigenvalue weighted by atomic mass is 10.1. The number of aromatic nitrogens is 1. The molecule has 8 heteroatoms. The summed E-state index contributed by atoms with van der Waals surface area (Å²) in [7, 11) is 3.60. The van der Waals surface area contributed by atoms with Gasteiger partial charge in [-0.25, -0.2) is 4.99 Å². The summed E-state index contributed by atoms with van der Waals surface area (Å²) in [6.07, 6.45) is 5.41. The van der Waals surface area contributed by atoms with Gasteiger partial charge in [0.25, 0.3) is 0 Å². The number of piperidine rings is 1. The summed E-state index contributed by atoms with van der Waals surface area (Å²) in [4.78, 5) is 24.3. The van der Waals surface area contributed by atoms with E-state index in [0.717, 1.165) is 44.2 Å². The summed E-state index contributed by atoms with van der Waals surface area (Å²) >= 11 is 0. The zero-order valence-electron chi connectivity index (χ0n) is 16.6. The highest BCUT2D eigenvalue weighted by molar-refractivity contribution is 5.80. The first-order chi connectivity index (χ1) is 13.1. The van der Waals surface area contributed by atoms with Gasteiger partial charge in [-0.2, -0.15) is 0 Å². The molecular formula is C19H32N6O2. The minimum absolute atomic E-state index is 0.157. The van der Waals surface area contributed by atoms with Gasteiger partial charge in [0.1, 0.15) is 12.4 Å². The Labute approximate surface area is 162 Å². The highest BCUT2D eigenvalue weighted by atomic mass is 16.5. The Hall–Kier alpha value is -2.35. The second-order valence-corrected chi connectivity index (χ2v) is 6.78. The van der Waals surface area contributed by atoms with E-state index in [-0.39, 0.29) is 5.91 Å². The molecule has 0 spiro atoms. The molecule has 0 radical (unpaired) electrons. The maximum Gasteiger partial charge on any atom is 0.236 e. The van der Waals surface area contributed by atoms with E-state index in [9.17, 15) is 4.79 Å². The lowest BCUT2D eigenvalue weighted by Crippen LogP contribution is -2.50. The number of hydrogen-bond acceptors (Lipinski definition) is 5. The van der Waals surface area contributed by atoms with E-state index in [1.807, 2.05) is 12.1 Å². The van der Waals surface area contributed by atoms with Gasteiger partial charge in [-0.3, -0.25) is 14.7 Å². The Bertz CT molecular complexity index is 585. The van der Waals surface area contributed by atoms with Gasteiger partial charge in [0.2, 0.25) is 5.91 Å². The Kier molecular flexibility index (Phi) is 8.83. The second-order valence-electron chi connectivity index (χ2n) is 6.78. The van der Waals surface area contributed by atoms with Gasteiger partial charge in [0, 0.05) is 46.0 Å². The van der Waals surface area contributed by atoms with Crippen molar-refractivity contribution in [2.75, 3.05) is 53.4 Å². The van der Waals surface area contributed by atoms with Crippen LogP contribution in [0.2, 0.25) is 0 Å². The SMILES string of the molecule is CCNC(=NCCOc1cccnc1)NC1CCN(CC(=O)N(C)C)CC1. The monoisotopic (exact) mass is 376 g/mol. The number of guanidine groups is 1. The lowest BCUT2D eigenvalue weighted by Gasteiger charge is -2.33. The van der Waals surface area contributed by atoms with Crippen molar-refractivity contribution in [3.63, 3.8) is 0 Å². The third-order valence-electron chi connectivity index (χ3n) is 4.39. The standard InChI is InChI=1S/C19H32N6O2/c1-4-21-19(22-10-13-27-17-6-5-9-20-14-17)23-16-7-11-25(12-8-16)15-18(26)24(2)3/h5-6,9,14,16H,4,7-8,10-13,15H2,1-3H3,(H2,21,22,23). The molecule has 1 aromatic heterocycles. The maximum absolute atomic E-state index is 11.8. The topological polar surface area (TPSA) is 82.1 Å². The van der Waals surface area contributed by atoms with Crippen LogP contribution in [0.5, 0.6) is 5.75 Å². The number of carbonyl (C=O) groups is 1. The van der Waals surface area contributed by atoms with Crippen LogP contribution in [0.15, 0.2) is 29.5 Å². The van der Waals surface area contributed by atoms with Gasteiger partial charge >= 0.3 is 0 Å². The number of pyridine rings is 1. The number of ether oxygens (including phenoxy) is 1. The zero-order valence-corrected chi connectivity index (χ0v) is 16.6. The first kappa shape index (κ1) is 21.0. The van der Waals surface area contributed by atoms with Crippen molar-refractivity contribution in [2.45, 2.75) is 25.8 Å². The van der Waals surface area contributed by atoms with Crippen molar-refractivity contribution >= 4 is 11.9 Å². The van der Waals surface area contributed by atoms with Gasteiger partial charge in [0.05, 0.1) is 19.3 Å². The van der Waals surface area contributed by atoms with Crippen molar-refractivity contribution in [3.05, 3.63) is 24.5 Å². The molecule has 2 N–H and O–H groups in total. The Morgan fingerprint density at radius 3 is 2.81 bits per heavy atom. The summed E-state index contributed by atoms with van der Waals surface area (Å²) in [5.41, 5.74) is 0. The molecule has 150 valence electrons. The number of likely N-dealkylation sites (tertiary alicyclic amines) is 1. The number of rotatable bonds is 8. The molecule has 1 aliphatic rings. The van der Waals surface area contributed by atoms with Crippen LogP contribution < -0.4 is 15.4 Å². The van der Waals surface area contributed by atoms with Crippen LogP contribution >= 0.6 is 0 Å². The molecule has 1 aliphatic heterocycles. The average Bonchev–Trinajstić information content (AvgIpc) is 2.67. The largest absolute Gasteiger partial charge is 0.490 e. The van der Waals surface area contributed by atoms with E-state index < -0.39 is 0 Å². The minimum atomic E-state index is 0.157. The summed E-state index contributed by atoms with van der Waals surface area (Å²) in [6.45, 7) is 6.28. The average molecular weight is 377 g/mol. The number of carbonyl (C=O) groups excluding carboxylic acids is 1. The van der Waals surface area contributed by atoms with Gasteiger partial charge in [-0.1, -0.05) is 0 Å². The third kappa shape index (κ3) is 7.82. The first-order valence-electron chi connectivity index (χ1n) is 9.58. The van der Waals surface area contributed by atoms with Crippen molar-refractivity contribution < 1.29 is 9.53 Å². The van der Waals surface area contributed by atoms with Gasteiger partial charge in [-0.15, -0.1) is 0 Å². The van der Waals surface area contributed by atoms with Crippen LogP contribution in [-0.2, 0) is 4.79 Å². The fourth-order valence-corrected chi connectivity index (χ4v) is 2.83. The third-order valence-corrected chi connectivity index (χ3v) is 4.39. The highest BCUT2D eigenvalue weighted by Crippen LogP contribution is 2.10. The van der Waals surface area contributed by atoms with Crippen LogP contribution in [0.4, 0.5) is 0 Å². The van der Waals surface area contributed by atoms with Crippen molar-refractivity contribution in [1.29, 1.82) is 0 Å². The zero-order chi connectivity index (χ0) is 19.5. The summed E-state index contributed by atoms with van der Waals surface area (Å²) in [5.74, 6) is 1.73. The van der Waals surface area contributed by atoms with E-state index in [1.165, 1.54) is 0 Å². The molecule has 2 heterocycles.